The number of benzene rings is 2. The maximum absolute atomic E-state index is 12.1. The molecule has 240 valence electrons. The molecular weight excluding hydrogens is 576 g/mol. The fraction of sp³-hybridized carbons (Fsp3) is 0.737. The van der Waals surface area contributed by atoms with Crippen LogP contribution in [-0.4, -0.2) is 13.0 Å². The summed E-state index contributed by atoms with van der Waals surface area (Å²) in [5.41, 5.74) is 2.02. The number of hydrogen-bond donors (Lipinski definition) is 0. The molecule has 0 aromatic heterocycles. The van der Waals surface area contributed by atoms with Gasteiger partial charge in [0, 0.05) is 0 Å². The fourth-order valence-corrected chi connectivity index (χ4v) is 7.22. The van der Waals surface area contributed by atoms with Gasteiger partial charge in [0.2, 0.25) is 0 Å². The van der Waals surface area contributed by atoms with Gasteiger partial charge in [-0.2, -0.15) is 0 Å². The van der Waals surface area contributed by atoms with E-state index in [-0.39, 0.29) is 56.3 Å². The van der Waals surface area contributed by atoms with E-state index in [2.05, 4.69) is 19.9 Å². The molecule has 0 radical (unpaired) electrons. The van der Waals surface area contributed by atoms with Crippen LogP contribution in [0.25, 0.3) is 10.8 Å². The second kappa shape index (κ2) is 26.3. The zero-order valence-corrected chi connectivity index (χ0v) is 32.3. The van der Waals surface area contributed by atoms with Gasteiger partial charge in [0.15, 0.2) is 0 Å². The van der Waals surface area contributed by atoms with Crippen molar-refractivity contribution in [3.63, 3.8) is 0 Å². The van der Waals surface area contributed by atoms with Crippen LogP contribution in [0, 0.1) is 0 Å². The molecule has 0 saturated carbocycles. The van der Waals surface area contributed by atoms with Crippen molar-refractivity contribution in [1.29, 1.82) is 0 Å². The molecule has 2 aromatic carbocycles. The Kier molecular flexibility index (Phi) is 25.3. The number of hydrogen-bond acceptors (Lipinski definition) is 3. The average Bonchev–Trinajstić information content (AvgIpc) is 2.97. The summed E-state index contributed by atoms with van der Waals surface area (Å²) in [6.45, 7) is 4.54. The van der Waals surface area contributed by atoms with Crippen molar-refractivity contribution < 1.29 is 64.4 Å². The minimum atomic E-state index is -4.49. The number of rotatable bonds is 27. The number of fused-ring (bicyclic) bond motifs is 1. The molecule has 3 nitrogen and oxygen atoms in total. The minimum absolute atomic E-state index is 0. The summed E-state index contributed by atoms with van der Waals surface area (Å²) in [4.78, 5) is -0.0133. The molecule has 0 N–H and O–H groups in total. The van der Waals surface area contributed by atoms with Crippen LogP contribution >= 0.6 is 0 Å². The topological polar surface area (TPSA) is 57.2 Å². The maximum atomic E-state index is 12.1. The van der Waals surface area contributed by atoms with E-state index in [9.17, 15) is 13.0 Å². The van der Waals surface area contributed by atoms with Crippen molar-refractivity contribution in [2.45, 2.75) is 186 Å². The van der Waals surface area contributed by atoms with Gasteiger partial charge < -0.3 is 4.55 Å². The first-order valence-electron chi connectivity index (χ1n) is 18.0. The molecule has 2 aromatic rings. The SMILES string of the molecule is CCCCCCCCCCCCCCc1cccc2c(CCCCCCCCCCCCCC)c(S(=O)(=O)[O-])ccc12.[K+]. The molecule has 0 aliphatic carbocycles. The summed E-state index contributed by atoms with van der Waals surface area (Å²) in [7, 11) is -4.49. The van der Waals surface area contributed by atoms with E-state index in [1.165, 1.54) is 140 Å². The molecule has 0 spiro atoms. The van der Waals surface area contributed by atoms with Gasteiger partial charge in [-0.15, -0.1) is 0 Å². The van der Waals surface area contributed by atoms with Gasteiger partial charge in [-0.1, -0.05) is 179 Å². The molecule has 0 atom stereocenters. The fourth-order valence-electron chi connectivity index (χ4n) is 6.47. The summed E-state index contributed by atoms with van der Waals surface area (Å²) < 4.78 is 36.4. The Morgan fingerprint density at radius 2 is 0.884 bits per heavy atom. The number of unbranched alkanes of at least 4 members (excludes halogenated alkanes) is 22. The van der Waals surface area contributed by atoms with Crippen LogP contribution in [-0.2, 0) is 23.0 Å². The van der Waals surface area contributed by atoms with Gasteiger partial charge in [0.05, 0.1) is 4.90 Å². The first-order chi connectivity index (χ1) is 20.5. The zero-order valence-electron chi connectivity index (χ0n) is 28.4. The Morgan fingerprint density at radius 1 is 0.488 bits per heavy atom. The van der Waals surface area contributed by atoms with Crippen LogP contribution in [0.1, 0.15) is 179 Å². The predicted molar refractivity (Wildman–Crippen MR) is 181 cm³/mol. The molecule has 0 fully saturated rings. The Morgan fingerprint density at radius 3 is 1.30 bits per heavy atom. The first kappa shape index (κ1) is 41.3. The van der Waals surface area contributed by atoms with E-state index in [4.69, 9.17) is 0 Å². The van der Waals surface area contributed by atoms with E-state index in [0.717, 1.165) is 42.0 Å². The minimum Gasteiger partial charge on any atom is -0.744 e. The van der Waals surface area contributed by atoms with Crippen LogP contribution in [0.15, 0.2) is 35.2 Å². The number of aryl methyl sites for hydroxylation is 2. The molecular formula is C38H63KO3S. The van der Waals surface area contributed by atoms with Crippen LogP contribution in [0.3, 0.4) is 0 Å². The summed E-state index contributed by atoms with van der Waals surface area (Å²) in [6.07, 6.45) is 33.0. The molecule has 0 amide bonds. The van der Waals surface area contributed by atoms with Crippen LogP contribution in [0.4, 0.5) is 0 Å². The predicted octanol–water partition coefficient (Wildman–Crippen LogP) is 9.24. The van der Waals surface area contributed by atoms with Gasteiger partial charge in [0.1, 0.15) is 10.1 Å². The van der Waals surface area contributed by atoms with E-state index in [1.807, 2.05) is 18.2 Å². The van der Waals surface area contributed by atoms with E-state index < -0.39 is 10.1 Å². The second-order valence-electron chi connectivity index (χ2n) is 12.8. The summed E-state index contributed by atoms with van der Waals surface area (Å²) in [5.74, 6) is 0. The van der Waals surface area contributed by atoms with Crippen molar-refractivity contribution in [3.05, 3.63) is 41.5 Å². The smallest absolute Gasteiger partial charge is 0.744 e. The Bertz CT molecular complexity index is 1070. The maximum Gasteiger partial charge on any atom is 1.00 e. The third-order valence-corrected chi connectivity index (χ3v) is 9.99. The van der Waals surface area contributed by atoms with Crippen LogP contribution in [0.5, 0.6) is 0 Å². The normalized spacial score (nSPS) is 11.7. The monoisotopic (exact) mass is 638 g/mol. The summed E-state index contributed by atoms with van der Waals surface area (Å²) in [6, 6.07) is 9.70. The van der Waals surface area contributed by atoms with Crippen molar-refractivity contribution in [3.8, 4) is 0 Å². The standard InChI is InChI=1S/C38H64O3S.K/c1-3-5-7-9-11-13-15-17-19-21-23-25-28-34-29-27-31-36-35(34)32-33-38(42(39,40)41)37(36)30-26-24-22-20-18-16-14-12-10-8-6-4-2;/h27,29,31-33H,3-26,28,30H2,1-2H3,(H,39,40,41);/q;+1/p-1. The summed E-state index contributed by atoms with van der Waals surface area (Å²) >= 11 is 0. The van der Waals surface area contributed by atoms with Crippen molar-refractivity contribution in [1.82, 2.24) is 0 Å². The Balaban J connectivity index is 0.00000924. The zero-order chi connectivity index (χ0) is 30.3. The van der Waals surface area contributed by atoms with Gasteiger partial charge in [0.25, 0.3) is 0 Å². The quantitative estimate of drug-likeness (QED) is 0.0557. The molecule has 43 heavy (non-hydrogen) atoms. The molecule has 0 bridgehead atoms. The molecule has 0 heterocycles. The Labute approximate surface area is 309 Å². The largest absolute Gasteiger partial charge is 1.00 e. The second-order valence-corrected chi connectivity index (χ2v) is 14.1. The van der Waals surface area contributed by atoms with Crippen LogP contribution in [0.2, 0.25) is 0 Å². The molecule has 5 heteroatoms. The van der Waals surface area contributed by atoms with E-state index in [1.54, 1.807) is 6.07 Å². The first-order valence-corrected chi connectivity index (χ1v) is 19.4. The van der Waals surface area contributed by atoms with E-state index in [0.29, 0.717) is 6.42 Å². The third kappa shape index (κ3) is 18.2. The molecule has 0 unspecified atom stereocenters. The van der Waals surface area contributed by atoms with E-state index >= 15 is 0 Å². The van der Waals surface area contributed by atoms with Crippen molar-refractivity contribution >= 4 is 20.9 Å². The van der Waals surface area contributed by atoms with Crippen molar-refractivity contribution in [2.24, 2.45) is 0 Å². The molecule has 0 aliphatic heterocycles. The molecule has 2 rings (SSSR count). The Hall–Kier alpha value is 0.246. The van der Waals surface area contributed by atoms with Gasteiger partial charge in [-0.3, -0.25) is 0 Å². The van der Waals surface area contributed by atoms with Gasteiger partial charge in [-0.25, -0.2) is 8.42 Å². The van der Waals surface area contributed by atoms with Gasteiger partial charge >= 0.3 is 51.4 Å². The molecule has 0 aliphatic rings. The third-order valence-electron chi connectivity index (χ3n) is 9.07. The average molecular weight is 639 g/mol. The van der Waals surface area contributed by atoms with Crippen molar-refractivity contribution in [2.75, 3.05) is 0 Å². The summed E-state index contributed by atoms with van der Waals surface area (Å²) in [5, 5.41) is 2.09. The van der Waals surface area contributed by atoms with Crippen LogP contribution < -0.4 is 51.4 Å². The molecule has 0 saturated heterocycles. The van der Waals surface area contributed by atoms with Gasteiger partial charge in [-0.05, 0) is 53.6 Å².